The third-order valence-electron chi connectivity index (χ3n) is 3.18. The summed E-state index contributed by atoms with van der Waals surface area (Å²) >= 11 is 0. The van der Waals surface area contributed by atoms with Crippen molar-refractivity contribution in [3.63, 3.8) is 0 Å². The van der Waals surface area contributed by atoms with Gasteiger partial charge in [-0.2, -0.15) is 0 Å². The van der Waals surface area contributed by atoms with Crippen LogP contribution in [0.4, 0.5) is 0 Å². The number of rotatable bonds is 12. The van der Waals surface area contributed by atoms with Gasteiger partial charge in [0, 0.05) is 6.61 Å². The van der Waals surface area contributed by atoms with Crippen LogP contribution in [0.5, 0.6) is 0 Å². The normalized spacial score (nSPS) is 9.47. The van der Waals surface area contributed by atoms with Crippen molar-refractivity contribution in [3.8, 4) is 0 Å². The zero-order valence-electron chi connectivity index (χ0n) is 13.8. The van der Waals surface area contributed by atoms with E-state index in [-0.39, 0.29) is 5.48 Å². The molecule has 0 aliphatic rings. The third kappa shape index (κ3) is 32.0. The standard InChI is InChI=1S/C14H30.C3H8O.H2O/c1-3-5-7-9-11-13-14-12-10-8-6-4-2;1-2-3-4;/h3-14H2,1-2H3;4H,2-3H2,1H3;1H2. The molecule has 0 atom stereocenters. The van der Waals surface area contributed by atoms with E-state index in [1.54, 1.807) is 0 Å². The van der Waals surface area contributed by atoms with Gasteiger partial charge in [-0.3, -0.25) is 0 Å². The van der Waals surface area contributed by atoms with Crippen LogP contribution < -0.4 is 0 Å². The highest BCUT2D eigenvalue weighted by atomic mass is 16.2. The van der Waals surface area contributed by atoms with Crippen molar-refractivity contribution in [2.75, 3.05) is 6.61 Å². The second kappa shape index (κ2) is 26.5. The molecule has 0 fully saturated rings. The van der Waals surface area contributed by atoms with Crippen LogP contribution in [-0.4, -0.2) is 17.2 Å². The Balaban J connectivity index is -0.000000448. The zero-order chi connectivity index (χ0) is 13.9. The lowest BCUT2D eigenvalue weighted by Gasteiger charge is -2.01. The lowest BCUT2D eigenvalue weighted by atomic mass is 10.1. The maximum Gasteiger partial charge on any atom is 0.0428 e. The second-order valence-electron chi connectivity index (χ2n) is 5.26. The zero-order valence-corrected chi connectivity index (χ0v) is 13.8. The Morgan fingerprint density at radius 1 is 0.474 bits per heavy atom. The Bertz CT molecular complexity index is 102. The van der Waals surface area contributed by atoms with Gasteiger partial charge in [0.15, 0.2) is 0 Å². The number of unbranched alkanes of at least 4 members (excludes halogenated alkanes) is 11. The first kappa shape index (κ1) is 24.0. The molecule has 19 heavy (non-hydrogen) atoms. The Labute approximate surface area is 122 Å². The summed E-state index contributed by atoms with van der Waals surface area (Å²) in [5, 5.41) is 7.88. The van der Waals surface area contributed by atoms with Gasteiger partial charge in [-0.05, 0) is 6.42 Å². The van der Waals surface area contributed by atoms with Crippen LogP contribution in [0.2, 0.25) is 0 Å². The lowest BCUT2D eigenvalue weighted by Crippen LogP contribution is -1.81. The highest BCUT2D eigenvalue weighted by molar-refractivity contribution is 4.47. The van der Waals surface area contributed by atoms with E-state index in [9.17, 15) is 0 Å². The predicted octanol–water partition coefficient (Wildman–Crippen LogP) is 5.27. The maximum absolute atomic E-state index is 7.88. The largest absolute Gasteiger partial charge is 0.412 e. The summed E-state index contributed by atoms with van der Waals surface area (Å²) in [4.78, 5) is 0. The fraction of sp³-hybridized carbons (Fsp3) is 1.00. The summed E-state index contributed by atoms with van der Waals surface area (Å²) in [6, 6.07) is 0. The molecule has 0 rings (SSSR count). The first-order chi connectivity index (χ1) is 8.83. The summed E-state index contributed by atoms with van der Waals surface area (Å²) in [5.41, 5.74) is 0. The molecule has 0 amide bonds. The fourth-order valence-corrected chi connectivity index (χ4v) is 1.91. The van der Waals surface area contributed by atoms with E-state index < -0.39 is 0 Å². The van der Waals surface area contributed by atoms with Crippen LogP contribution >= 0.6 is 0 Å². The molecule has 0 aliphatic carbocycles. The molecule has 0 bridgehead atoms. The van der Waals surface area contributed by atoms with Gasteiger partial charge >= 0.3 is 0 Å². The molecule has 2 nitrogen and oxygen atoms in total. The van der Waals surface area contributed by atoms with E-state index in [4.69, 9.17) is 5.11 Å². The van der Waals surface area contributed by atoms with E-state index in [2.05, 4.69) is 13.8 Å². The van der Waals surface area contributed by atoms with Crippen LogP contribution in [-0.2, 0) is 0 Å². The average Bonchev–Trinajstić information content (AvgIpc) is 2.41. The average molecular weight is 277 g/mol. The Morgan fingerprint density at radius 3 is 0.842 bits per heavy atom. The maximum atomic E-state index is 7.88. The minimum absolute atomic E-state index is 0. The summed E-state index contributed by atoms with van der Waals surface area (Å²) in [5.74, 6) is 0. The van der Waals surface area contributed by atoms with Gasteiger partial charge in [0.25, 0.3) is 0 Å². The summed E-state index contributed by atoms with van der Waals surface area (Å²) in [6.45, 7) is 6.82. The minimum Gasteiger partial charge on any atom is -0.412 e. The highest BCUT2D eigenvalue weighted by Crippen LogP contribution is 2.11. The van der Waals surface area contributed by atoms with Crippen LogP contribution in [0.15, 0.2) is 0 Å². The molecule has 120 valence electrons. The van der Waals surface area contributed by atoms with E-state index in [0.717, 1.165) is 6.42 Å². The molecule has 0 heterocycles. The molecule has 0 aliphatic heterocycles. The van der Waals surface area contributed by atoms with Crippen molar-refractivity contribution in [1.82, 2.24) is 0 Å². The van der Waals surface area contributed by atoms with Crippen LogP contribution in [0, 0.1) is 0 Å². The number of aliphatic hydroxyl groups excluding tert-OH is 1. The van der Waals surface area contributed by atoms with Crippen LogP contribution in [0.1, 0.15) is 104 Å². The molecular weight excluding hydrogens is 236 g/mol. The smallest absolute Gasteiger partial charge is 0.0428 e. The van der Waals surface area contributed by atoms with Crippen molar-refractivity contribution < 1.29 is 10.6 Å². The molecule has 0 radical (unpaired) electrons. The first-order valence-electron chi connectivity index (χ1n) is 8.44. The van der Waals surface area contributed by atoms with Crippen LogP contribution in [0.3, 0.4) is 0 Å². The van der Waals surface area contributed by atoms with Crippen molar-refractivity contribution in [3.05, 3.63) is 0 Å². The van der Waals surface area contributed by atoms with Crippen molar-refractivity contribution >= 4 is 0 Å². The van der Waals surface area contributed by atoms with Crippen LogP contribution in [0.25, 0.3) is 0 Å². The summed E-state index contributed by atoms with van der Waals surface area (Å²) in [7, 11) is 0. The predicted molar refractivity (Wildman–Crippen MR) is 87.7 cm³/mol. The van der Waals surface area contributed by atoms with E-state index >= 15 is 0 Å². The molecule has 0 unspecified atom stereocenters. The van der Waals surface area contributed by atoms with E-state index in [1.165, 1.54) is 77.0 Å². The molecule has 0 spiro atoms. The molecule has 3 N–H and O–H groups in total. The second-order valence-corrected chi connectivity index (χ2v) is 5.26. The van der Waals surface area contributed by atoms with Gasteiger partial charge < -0.3 is 10.6 Å². The number of aliphatic hydroxyl groups is 1. The summed E-state index contributed by atoms with van der Waals surface area (Å²) in [6.07, 6.45) is 18.3. The molecule has 2 heteroatoms. The Kier molecular flexibility index (Phi) is 33.4. The SMILES string of the molecule is CCCCCCCCCCCCCC.CCCO.O. The minimum atomic E-state index is 0. The topological polar surface area (TPSA) is 51.7 Å². The molecule has 0 saturated carbocycles. The highest BCUT2D eigenvalue weighted by Gasteiger charge is 1.91. The van der Waals surface area contributed by atoms with E-state index in [1.807, 2.05) is 6.92 Å². The van der Waals surface area contributed by atoms with Crippen molar-refractivity contribution in [2.24, 2.45) is 0 Å². The summed E-state index contributed by atoms with van der Waals surface area (Å²) < 4.78 is 0. The number of hydrogen-bond acceptors (Lipinski definition) is 1. The molecule has 0 aromatic heterocycles. The third-order valence-corrected chi connectivity index (χ3v) is 3.18. The Morgan fingerprint density at radius 2 is 0.684 bits per heavy atom. The van der Waals surface area contributed by atoms with E-state index in [0.29, 0.717) is 6.61 Å². The monoisotopic (exact) mass is 276 g/mol. The van der Waals surface area contributed by atoms with Gasteiger partial charge in [0.05, 0.1) is 0 Å². The van der Waals surface area contributed by atoms with Gasteiger partial charge in [-0.15, -0.1) is 0 Å². The molecule has 0 aromatic rings. The molecule has 0 saturated heterocycles. The van der Waals surface area contributed by atoms with Gasteiger partial charge in [0.2, 0.25) is 0 Å². The van der Waals surface area contributed by atoms with Gasteiger partial charge in [0.1, 0.15) is 0 Å². The Hall–Kier alpha value is -0.0800. The molecule has 0 aromatic carbocycles. The number of hydrogen-bond donors (Lipinski definition) is 1. The van der Waals surface area contributed by atoms with Gasteiger partial charge in [-0.1, -0.05) is 97.8 Å². The molecular formula is C17H40O2. The van der Waals surface area contributed by atoms with Crippen molar-refractivity contribution in [2.45, 2.75) is 104 Å². The van der Waals surface area contributed by atoms with Gasteiger partial charge in [-0.25, -0.2) is 0 Å². The first-order valence-corrected chi connectivity index (χ1v) is 8.44. The fourth-order valence-electron chi connectivity index (χ4n) is 1.91. The van der Waals surface area contributed by atoms with Crippen molar-refractivity contribution in [1.29, 1.82) is 0 Å². The lowest BCUT2D eigenvalue weighted by molar-refractivity contribution is 0.295. The quantitative estimate of drug-likeness (QED) is 0.485.